The van der Waals surface area contributed by atoms with E-state index in [1.165, 1.54) is 25.7 Å². The molecule has 1 aromatic rings. The van der Waals surface area contributed by atoms with Crippen LogP contribution in [0.25, 0.3) is 0 Å². The summed E-state index contributed by atoms with van der Waals surface area (Å²) in [6.07, 6.45) is 4.87. The lowest BCUT2D eigenvalue weighted by molar-refractivity contribution is -0.0505. The van der Waals surface area contributed by atoms with Gasteiger partial charge in [0.05, 0.1) is 0 Å². The molecular weight excluding hydrogens is 248 g/mol. The van der Waals surface area contributed by atoms with Gasteiger partial charge in [-0.3, -0.25) is 0 Å². The van der Waals surface area contributed by atoms with Gasteiger partial charge in [0, 0.05) is 18.2 Å². The average molecular weight is 269 g/mol. The highest BCUT2D eigenvalue weighted by molar-refractivity contribution is 5.33. The zero-order chi connectivity index (χ0) is 13.7. The first-order chi connectivity index (χ1) is 9.20. The van der Waals surface area contributed by atoms with Crippen LogP contribution in [0, 0.1) is 5.92 Å². The minimum absolute atomic E-state index is 0.274. The molecule has 2 unspecified atom stereocenters. The highest BCUT2D eigenvalue weighted by atomic mass is 19.3. The number of benzene rings is 1. The van der Waals surface area contributed by atoms with Crippen molar-refractivity contribution in [2.75, 3.05) is 0 Å². The predicted molar refractivity (Wildman–Crippen MR) is 71.3 cm³/mol. The molecular formula is C15H21F2NO. The molecule has 2 rings (SSSR count). The van der Waals surface area contributed by atoms with Crippen molar-refractivity contribution in [3.8, 4) is 5.75 Å². The summed E-state index contributed by atoms with van der Waals surface area (Å²) in [5.74, 6) is 0.985. The third-order valence-electron chi connectivity index (χ3n) is 3.93. The molecule has 19 heavy (non-hydrogen) atoms. The number of para-hydroxylation sites is 1. The molecule has 0 heterocycles. The number of rotatable bonds is 6. The quantitative estimate of drug-likeness (QED) is 0.844. The summed E-state index contributed by atoms with van der Waals surface area (Å²) in [4.78, 5) is 0. The molecule has 106 valence electrons. The Kier molecular flexibility index (Phi) is 5.14. The molecule has 0 aliphatic heterocycles. The number of hydrogen-bond acceptors (Lipinski definition) is 2. The molecule has 1 aromatic carbocycles. The molecule has 2 nitrogen and oxygen atoms in total. The maximum Gasteiger partial charge on any atom is 0.387 e. The molecule has 0 radical (unpaired) electrons. The maximum absolute atomic E-state index is 12.3. The average Bonchev–Trinajstić information content (AvgIpc) is 2.84. The van der Waals surface area contributed by atoms with Gasteiger partial charge in [0.15, 0.2) is 0 Å². The molecule has 1 saturated carbocycles. The van der Waals surface area contributed by atoms with Crippen LogP contribution in [0.15, 0.2) is 24.3 Å². The third kappa shape index (κ3) is 3.90. The molecule has 2 atom stereocenters. The van der Waals surface area contributed by atoms with Gasteiger partial charge in [-0.25, -0.2) is 0 Å². The van der Waals surface area contributed by atoms with E-state index in [-0.39, 0.29) is 5.75 Å². The highest BCUT2D eigenvalue weighted by Gasteiger charge is 2.25. The van der Waals surface area contributed by atoms with E-state index in [1.54, 1.807) is 12.1 Å². The summed E-state index contributed by atoms with van der Waals surface area (Å²) in [6, 6.07) is 7.49. The Bertz CT molecular complexity index is 397. The van der Waals surface area contributed by atoms with Gasteiger partial charge >= 0.3 is 6.61 Å². The SMILES string of the molecule is CCC1CCCC1NCc1ccccc1OC(F)F. The Labute approximate surface area is 113 Å². The van der Waals surface area contributed by atoms with Crippen molar-refractivity contribution in [3.63, 3.8) is 0 Å². The minimum atomic E-state index is -2.77. The van der Waals surface area contributed by atoms with E-state index in [9.17, 15) is 8.78 Å². The largest absolute Gasteiger partial charge is 0.434 e. The van der Waals surface area contributed by atoms with Crippen LogP contribution in [0.5, 0.6) is 5.75 Å². The van der Waals surface area contributed by atoms with Crippen LogP contribution in [0.2, 0.25) is 0 Å². The molecule has 0 spiro atoms. The number of halogens is 2. The first-order valence-electron chi connectivity index (χ1n) is 6.96. The van der Waals surface area contributed by atoms with Crippen LogP contribution in [-0.4, -0.2) is 12.7 Å². The van der Waals surface area contributed by atoms with Crippen molar-refractivity contribution < 1.29 is 13.5 Å². The monoisotopic (exact) mass is 269 g/mol. The Hall–Kier alpha value is -1.16. The predicted octanol–water partition coefficient (Wildman–Crippen LogP) is 3.96. The molecule has 1 aliphatic rings. The van der Waals surface area contributed by atoms with Crippen molar-refractivity contribution in [1.29, 1.82) is 0 Å². The fourth-order valence-electron chi connectivity index (χ4n) is 2.90. The van der Waals surface area contributed by atoms with Gasteiger partial charge in [0.1, 0.15) is 5.75 Å². The lowest BCUT2D eigenvalue weighted by Crippen LogP contribution is -2.31. The van der Waals surface area contributed by atoms with Crippen LogP contribution in [0.3, 0.4) is 0 Å². The normalized spacial score (nSPS) is 22.9. The third-order valence-corrected chi connectivity index (χ3v) is 3.93. The van der Waals surface area contributed by atoms with Crippen molar-refractivity contribution in [1.82, 2.24) is 5.32 Å². The Morgan fingerprint density at radius 1 is 1.32 bits per heavy atom. The molecule has 0 saturated heterocycles. The molecule has 1 fully saturated rings. The van der Waals surface area contributed by atoms with E-state index in [2.05, 4.69) is 17.0 Å². The summed E-state index contributed by atoms with van der Waals surface area (Å²) in [6.45, 7) is 0.0267. The standard InChI is InChI=1S/C15H21F2NO/c1-2-11-7-5-8-13(11)18-10-12-6-3-4-9-14(12)19-15(16)17/h3-4,6,9,11,13,15,18H,2,5,7-8,10H2,1H3. The van der Waals surface area contributed by atoms with E-state index in [0.717, 1.165) is 5.56 Å². The summed E-state index contributed by atoms with van der Waals surface area (Å²) < 4.78 is 29.2. The first kappa shape index (κ1) is 14.3. The second kappa shape index (κ2) is 6.85. The zero-order valence-electron chi connectivity index (χ0n) is 11.2. The topological polar surface area (TPSA) is 21.3 Å². The number of hydrogen-bond donors (Lipinski definition) is 1. The first-order valence-corrected chi connectivity index (χ1v) is 6.96. The Morgan fingerprint density at radius 2 is 2.11 bits per heavy atom. The van der Waals surface area contributed by atoms with Crippen molar-refractivity contribution in [2.24, 2.45) is 5.92 Å². The van der Waals surface area contributed by atoms with Gasteiger partial charge < -0.3 is 10.1 Å². The van der Waals surface area contributed by atoms with Crippen LogP contribution < -0.4 is 10.1 Å². The zero-order valence-corrected chi connectivity index (χ0v) is 11.2. The van der Waals surface area contributed by atoms with Gasteiger partial charge in [-0.1, -0.05) is 38.0 Å². The molecule has 4 heteroatoms. The molecule has 1 aliphatic carbocycles. The smallest absolute Gasteiger partial charge is 0.387 e. The van der Waals surface area contributed by atoms with Gasteiger partial charge in [-0.2, -0.15) is 8.78 Å². The van der Waals surface area contributed by atoms with Crippen molar-refractivity contribution in [3.05, 3.63) is 29.8 Å². The summed E-state index contributed by atoms with van der Waals surface area (Å²) in [7, 11) is 0. The summed E-state index contributed by atoms with van der Waals surface area (Å²) >= 11 is 0. The van der Waals surface area contributed by atoms with E-state index >= 15 is 0 Å². The molecule has 1 N–H and O–H groups in total. The Balaban J connectivity index is 1.95. The van der Waals surface area contributed by atoms with Gasteiger partial charge in [0.2, 0.25) is 0 Å². The Morgan fingerprint density at radius 3 is 2.84 bits per heavy atom. The fourth-order valence-corrected chi connectivity index (χ4v) is 2.90. The van der Waals surface area contributed by atoms with Crippen LogP contribution in [-0.2, 0) is 6.54 Å². The molecule has 0 amide bonds. The fraction of sp³-hybridized carbons (Fsp3) is 0.600. The van der Waals surface area contributed by atoms with E-state index in [1.807, 2.05) is 12.1 Å². The van der Waals surface area contributed by atoms with Gasteiger partial charge in [-0.15, -0.1) is 0 Å². The second-order valence-electron chi connectivity index (χ2n) is 5.07. The lowest BCUT2D eigenvalue weighted by Gasteiger charge is -2.20. The minimum Gasteiger partial charge on any atom is -0.434 e. The lowest BCUT2D eigenvalue weighted by atomic mass is 10.0. The number of ether oxygens (including phenoxy) is 1. The van der Waals surface area contributed by atoms with E-state index in [0.29, 0.717) is 18.5 Å². The molecule has 0 bridgehead atoms. The van der Waals surface area contributed by atoms with E-state index in [4.69, 9.17) is 0 Å². The van der Waals surface area contributed by atoms with Crippen LogP contribution in [0.1, 0.15) is 38.2 Å². The van der Waals surface area contributed by atoms with Gasteiger partial charge in [-0.05, 0) is 24.8 Å². The second-order valence-corrected chi connectivity index (χ2v) is 5.07. The highest BCUT2D eigenvalue weighted by Crippen LogP contribution is 2.29. The maximum atomic E-state index is 12.3. The van der Waals surface area contributed by atoms with Crippen molar-refractivity contribution >= 4 is 0 Å². The summed E-state index contributed by atoms with van der Waals surface area (Å²) in [5, 5.41) is 3.49. The summed E-state index contributed by atoms with van der Waals surface area (Å²) in [5.41, 5.74) is 0.796. The van der Waals surface area contributed by atoms with Gasteiger partial charge in [0.25, 0.3) is 0 Å². The molecule has 0 aromatic heterocycles. The van der Waals surface area contributed by atoms with Crippen LogP contribution >= 0.6 is 0 Å². The van der Waals surface area contributed by atoms with E-state index < -0.39 is 6.61 Å². The number of nitrogens with one attached hydrogen (secondary N) is 1. The number of alkyl halides is 2. The van der Waals surface area contributed by atoms with Crippen LogP contribution in [0.4, 0.5) is 8.78 Å². The van der Waals surface area contributed by atoms with Crippen molar-refractivity contribution in [2.45, 2.75) is 51.8 Å².